The average molecular weight is 178 g/mol. The van der Waals surface area contributed by atoms with Crippen molar-refractivity contribution in [3.8, 4) is 0 Å². The second kappa shape index (κ2) is 4.39. The van der Waals surface area contributed by atoms with Crippen LogP contribution in [0.3, 0.4) is 0 Å². The lowest BCUT2D eigenvalue weighted by atomic mass is 10.2. The van der Waals surface area contributed by atoms with E-state index in [1.807, 2.05) is 0 Å². The van der Waals surface area contributed by atoms with Crippen LogP contribution in [-0.2, 0) is 9.53 Å². The Morgan fingerprint density at radius 1 is 1.42 bits per heavy atom. The number of ether oxygens (including phenoxy) is 1. The van der Waals surface area contributed by atoms with E-state index in [1.54, 1.807) is 13.8 Å². The fourth-order valence-corrected chi connectivity index (χ4v) is 0.678. The highest BCUT2D eigenvalue weighted by Gasteiger charge is 2.33. The van der Waals surface area contributed by atoms with Gasteiger partial charge in [0.05, 0.1) is 0 Å². The van der Waals surface area contributed by atoms with Gasteiger partial charge in [-0.05, 0) is 6.42 Å². The summed E-state index contributed by atoms with van der Waals surface area (Å²) in [4.78, 5) is 10.7. The number of rotatable bonds is 4. The molecule has 5 nitrogen and oxygen atoms in total. The molecule has 1 unspecified atom stereocenters. The fourth-order valence-electron chi connectivity index (χ4n) is 0.678. The average Bonchev–Trinajstić information content (AvgIpc) is 1.97. The maximum absolute atomic E-state index is 10.7. The summed E-state index contributed by atoms with van der Waals surface area (Å²) in [6.07, 6.45) is -1.02. The highest BCUT2D eigenvalue weighted by Crippen LogP contribution is 2.11. The Labute approximate surface area is 70.6 Å². The van der Waals surface area contributed by atoms with Gasteiger partial charge in [-0.3, -0.25) is 4.79 Å². The molecule has 12 heavy (non-hydrogen) atoms. The largest absolute Gasteiger partial charge is 0.454 e. The Bertz CT molecular complexity index is 148. The minimum Gasteiger partial charge on any atom is -0.454 e. The SMILES string of the molecule is CCC(=O)OC(CC)C(O)(O)O. The van der Waals surface area contributed by atoms with Crippen molar-refractivity contribution in [3.05, 3.63) is 0 Å². The predicted octanol–water partition coefficient (Wildman–Crippen LogP) is -0.651. The van der Waals surface area contributed by atoms with Crippen molar-refractivity contribution in [2.75, 3.05) is 0 Å². The van der Waals surface area contributed by atoms with Crippen LogP contribution in [0.25, 0.3) is 0 Å². The Kier molecular flexibility index (Phi) is 4.16. The molecule has 0 radical (unpaired) electrons. The van der Waals surface area contributed by atoms with E-state index < -0.39 is 18.0 Å². The van der Waals surface area contributed by atoms with Crippen LogP contribution in [0.5, 0.6) is 0 Å². The first-order valence-electron chi connectivity index (χ1n) is 3.78. The molecule has 0 amide bonds. The molecule has 0 saturated heterocycles. The summed E-state index contributed by atoms with van der Waals surface area (Å²) < 4.78 is 4.52. The van der Waals surface area contributed by atoms with E-state index in [0.717, 1.165) is 0 Å². The van der Waals surface area contributed by atoms with Gasteiger partial charge < -0.3 is 20.1 Å². The van der Waals surface area contributed by atoms with E-state index in [4.69, 9.17) is 15.3 Å². The van der Waals surface area contributed by atoms with Gasteiger partial charge in [0.25, 0.3) is 0 Å². The molecule has 0 aromatic rings. The lowest BCUT2D eigenvalue weighted by Crippen LogP contribution is -2.44. The zero-order chi connectivity index (χ0) is 9.78. The molecule has 0 aromatic heterocycles. The number of hydrogen-bond donors (Lipinski definition) is 3. The van der Waals surface area contributed by atoms with Crippen molar-refractivity contribution in [1.29, 1.82) is 0 Å². The zero-order valence-corrected chi connectivity index (χ0v) is 7.15. The van der Waals surface area contributed by atoms with E-state index in [9.17, 15) is 4.79 Å². The van der Waals surface area contributed by atoms with E-state index >= 15 is 0 Å². The fraction of sp³-hybridized carbons (Fsp3) is 0.857. The Hall–Kier alpha value is -0.650. The molecule has 5 heteroatoms. The van der Waals surface area contributed by atoms with Gasteiger partial charge in [-0.15, -0.1) is 0 Å². The van der Waals surface area contributed by atoms with Crippen molar-refractivity contribution in [2.45, 2.75) is 38.8 Å². The molecule has 0 heterocycles. The normalized spacial score (nSPS) is 14.1. The zero-order valence-electron chi connectivity index (χ0n) is 7.15. The lowest BCUT2D eigenvalue weighted by Gasteiger charge is -2.24. The monoisotopic (exact) mass is 178 g/mol. The number of carbonyl (C=O) groups excluding carboxylic acids is 1. The van der Waals surface area contributed by atoms with Gasteiger partial charge in [-0.1, -0.05) is 13.8 Å². The summed E-state index contributed by atoms with van der Waals surface area (Å²) in [6, 6.07) is 0. The van der Waals surface area contributed by atoms with Crippen LogP contribution in [0.4, 0.5) is 0 Å². The number of aliphatic hydroxyl groups is 3. The van der Waals surface area contributed by atoms with Crippen LogP contribution in [0.1, 0.15) is 26.7 Å². The highest BCUT2D eigenvalue weighted by molar-refractivity contribution is 5.69. The summed E-state index contributed by atoms with van der Waals surface area (Å²) in [7, 11) is 0. The second-order valence-electron chi connectivity index (χ2n) is 2.43. The summed E-state index contributed by atoms with van der Waals surface area (Å²) in [5, 5.41) is 26.0. The van der Waals surface area contributed by atoms with Crippen molar-refractivity contribution in [2.24, 2.45) is 0 Å². The van der Waals surface area contributed by atoms with Gasteiger partial charge in [0, 0.05) is 6.42 Å². The molecule has 3 N–H and O–H groups in total. The van der Waals surface area contributed by atoms with Crippen molar-refractivity contribution in [3.63, 3.8) is 0 Å². The summed E-state index contributed by atoms with van der Waals surface area (Å²) in [5.41, 5.74) is 0. The predicted molar refractivity (Wildman–Crippen MR) is 39.8 cm³/mol. The molecule has 0 fully saturated rings. The Balaban J connectivity index is 4.09. The van der Waals surface area contributed by atoms with Crippen LogP contribution in [0.15, 0.2) is 0 Å². The van der Waals surface area contributed by atoms with Crippen LogP contribution in [0.2, 0.25) is 0 Å². The van der Waals surface area contributed by atoms with Crippen molar-refractivity contribution in [1.82, 2.24) is 0 Å². The van der Waals surface area contributed by atoms with Crippen LogP contribution in [-0.4, -0.2) is 33.4 Å². The van der Waals surface area contributed by atoms with Gasteiger partial charge in [0.2, 0.25) is 0 Å². The number of carbonyl (C=O) groups is 1. The van der Waals surface area contributed by atoms with E-state index in [0.29, 0.717) is 0 Å². The van der Waals surface area contributed by atoms with Crippen LogP contribution < -0.4 is 0 Å². The molecule has 0 aliphatic rings. The Morgan fingerprint density at radius 3 is 2.17 bits per heavy atom. The van der Waals surface area contributed by atoms with E-state index in [2.05, 4.69) is 4.74 Å². The minimum absolute atomic E-state index is 0.132. The third kappa shape index (κ3) is 3.66. The first-order chi connectivity index (χ1) is 5.41. The van der Waals surface area contributed by atoms with Gasteiger partial charge >= 0.3 is 11.9 Å². The van der Waals surface area contributed by atoms with Crippen LogP contribution in [0, 0.1) is 0 Å². The molecule has 0 aromatic carbocycles. The molecule has 1 atom stereocenters. The third-order valence-electron chi connectivity index (χ3n) is 1.37. The molecule has 72 valence electrons. The molecule has 0 bridgehead atoms. The third-order valence-corrected chi connectivity index (χ3v) is 1.37. The van der Waals surface area contributed by atoms with Gasteiger partial charge in [0.1, 0.15) is 0 Å². The quantitative estimate of drug-likeness (QED) is 0.393. The first-order valence-corrected chi connectivity index (χ1v) is 3.78. The van der Waals surface area contributed by atoms with Gasteiger partial charge in [0.15, 0.2) is 6.10 Å². The summed E-state index contributed by atoms with van der Waals surface area (Å²) >= 11 is 0. The van der Waals surface area contributed by atoms with Crippen molar-refractivity contribution < 1.29 is 24.9 Å². The van der Waals surface area contributed by atoms with Gasteiger partial charge in [-0.25, -0.2) is 0 Å². The lowest BCUT2D eigenvalue weighted by molar-refractivity contribution is -0.356. The molecule has 0 aliphatic carbocycles. The summed E-state index contributed by atoms with van der Waals surface area (Å²) in [6.45, 7) is 3.13. The smallest absolute Gasteiger partial charge is 0.314 e. The minimum atomic E-state index is -2.94. The number of hydrogen-bond acceptors (Lipinski definition) is 5. The summed E-state index contributed by atoms with van der Waals surface area (Å²) in [5.74, 6) is -3.53. The topological polar surface area (TPSA) is 87.0 Å². The van der Waals surface area contributed by atoms with Crippen LogP contribution >= 0.6 is 0 Å². The second-order valence-corrected chi connectivity index (χ2v) is 2.43. The van der Waals surface area contributed by atoms with E-state index in [-0.39, 0.29) is 12.8 Å². The molecule has 0 aliphatic heterocycles. The Morgan fingerprint density at radius 2 is 1.92 bits per heavy atom. The van der Waals surface area contributed by atoms with Gasteiger partial charge in [-0.2, -0.15) is 0 Å². The maximum atomic E-state index is 10.7. The standard InChI is InChI=1S/C7H14O5/c1-3-5(7(9,10)11)12-6(8)4-2/h5,9-11H,3-4H2,1-2H3. The first kappa shape index (κ1) is 11.4. The molecular weight excluding hydrogens is 164 g/mol. The van der Waals surface area contributed by atoms with Crippen molar-refractivity contribution >= 4 is 5.97 Å². The number of esters is 1. The molecule has 0 rings (SSSR count). The van der Waals surface area contributed by atoms with E-state index in [1.165, 1.54) is 0 Å². The molecule has 0 spiro atoms. The maximum Gasteiger partial charge on any atom is 0.314 e. The molecular formula is C7H14O5. The highest BCUT2D eigenvalue weighted by atomic mass is 16.7. The molecule has 0 saturated carbocycles.